The zero-order valence-corrected chi connectivity index (χ0v) is 11.3. The van der Waals surface area contributed by atoms with Gasteiger partial charge in [-0.3, -0.25) is 4.90 Å². The van der Waals surface area contributed by atoms with Crippen molar-refractivity contribution in [3.05, 3.63) is 0 Å². The van der Waals surface area contributed by atoms with E-state index >= 15 is 0 Å². The van der Waals surface area contributed by atoms with Gasteiger partial charge in [0.15, 0.2) is 0 Å². The molecule has 0 radical (unpaired) electrons. The maximum atomic E-state index is 5.97. The third-order valence-corrected chi connectivity index (χ3v) is 3.61. The fourth-order valence-corrected chi connectivity index (χ4v) is 2.19. The summed E-state index contributed by atoms with van der Waals surface area (Å²) in [5.41, 5.74) is 6.21. The molecule has 1 unspecified atom stereocenters. The first-order chi connectivity index (χ1) is 7.02. The Morgan fingerprint density at radius 1 is 1.27 bits per heavy atom. The van der Waals surface area contributed by atoms with Gasteiger partial charge in [-0.25, -0.2) is 0 Å². The molecule has 0 spiro atoms. The van der Waals surface area contributed by atoms with Crippen molar-refractivity contribution in [2.24, 2.45) is 11.7 Å². The fraction of sp³-hybridized carbons (Fsp3) is 1.00. The van der Waals surface area contributed by atoms with E-state index in [1.165, 1.54) is 25.8 Å². The Kier molecular flexibility index (Phi) is 7.20. The molecular formula is C13H30N2. The van der Waals surface area contributed by atoms with Crippen LogP contribution >= 0.6 is 0 Å². The second-order valence-corrected chi connectivity index (χ2v) is 5.14. The van der Waals surface area contributed by atoms with Crippen molar-refractivity contribution in [1.29, 1.82) is 0 Å². The minimum absolute atomic E-state index is 0.240. The highest BCUT2D eigenvalue weighted by Crippen LogP contribution is 2.24. The standard InChI is InChI=1S/C13H30N2/c1-6-9-13(7-2,11-14)15(5)10-8-12(3)4/h12H,6-11,14H2,1-5H3. The van der Waals surface area contributed by atoms with Crippen molar-refractivity contribution >= 4 is 0 Å². The van der Waals surface area contributed by atoms with Gasteiger partial charge in [-0.1, -0.05) is 34.1 Å². The largest absolute Gasteiger partial charge is 0.329 e. The van der Waals surface area contributed by atoms with Gasteiger partial charge in [-0.2, -0.15) is 0 Å². The molecule has 0 rings (SSSR count). The summed E-state index contributed by atoms with van der Waals surface area (Å²) in [6.45, 7) is 11.0. The van der Waals surface area contributed by atoms with Crippen molar-refractivity contribution in [3.63, 3.8) is 0 Å². The number of rotatable bonds is 8. The average molecular weight is 214 g/mol. The van der Waals surface area contributed by atoms with Crippen LogP contribution in [0.15, 0.2) is 0 Å². The summed E-state index contributed by atoms with van der Waals surface area (Å²) in [6, 6.07) is 0. The zero-order valence-electron chi connectivity index (χ0n) is 11.3. The number of nitrogens with zero attached hydrogens (tertiary/aromatic N) is 1. The monoisotopic (exact) mass is 214 g/mol. The lowest BCUT2D eigenvalue weighted by Crippen LogP contribution is -2.52. The Morgan fingerprint density at radius 3 is 2.20 bits per heavy atom. The van der Waals surface area contributed by atoms with E-state index in [1.807, 2.05) is 0 Å². The van der Waals surface area contributed by atoms with E-state index in [4.69, 9.17) is 5.73 Å². The van der Waals surface area contributed by atoms with Crippen LogP contribution in [0.4, 0.5) is 0 Å². The Balaban J connectivity index is 4.32. The highest BCUT2D eigenvalue weighted by Gasteiger charge is 2.29. The van der Waals surface area contributed by atoms with E-state index < -0.39 is 0 Å². The molecule has 0 aliphatic carbocycles. The molecule has 0 bridgehead atoms. The van der Waals surface area contributed by atoms with Gasteiger partial charge in [-0.05, 0) is 38.8 Å². The summed E-state index contributed by atoms with van der Waals surface area (Å²) in [6.07, 6.45) is 4.86. The van der Waals surface area contributed by atoms with Crippen molar-refractivity contribution < 1.29 is 0 Å². The third kappa shape index (κ3) is 4.52. The van der Waals surface area contributed by atoms with E-state index in [0.29, 0.717) is 0 Å². The second-order valence-electron chi connectivity index (χ2n) is 5.14. The molecule has 1 atom stereocenters. The molecule has 0 aliphatic heterocycles. The van der Waals surface area contributed by atoms with Gasteiger partial charge in [0.2, 0.25) is 0 Å². The lowest BCUT2D eigenvalue weighted by Gasteiger charge is -2.41. The normalized spacial score (nSPS) is 16.0. The molecule has 0 aromatic carbocycles. The lowest BCUT2D eigenvalue weighted by molar-refractivity contribution is 0.104. The first-order valence-electron chi connectivity index (χ1n) is 6.43. The predicted molar refractivity (Wildman–Crippen MR) is 69.1 cm³/mol. The first kappa shape index (κ1) is 14.9. The smallest absolute Gasteiger partial charge is 0.0325 e. The van der Waals surface area contributed by atoms with Crippen LogP contribution in [-0.2, 0) is 0 Å². The SMILES string of the molecule is CCCC(CC)(CN)N(C)CCC(C)C. The Morgan fingerprint density at radius 2 is 1.87 bits per heavy atom. The summed E-state index contributed by atoms with van der Waals surface area (Å²) in [4.78, 5) is 2.48. The molecule has 0 aromatic heterocycles. The molecular weight excluding hydrogens is 184 g/mol. The maximum absolute atomic E-state index is 5.97. The Hall–Kier alpha value is -0.0800. The van der Waals surface area contributed by atoms with Gasteiger partial charge in [-0.15, -0.1) is 0 Å². The number of nitrogens with two attached hydrogens (primary N) is 1. The molecule has 0 saturated heterocycles. The van der Waals surface area contributed by atoms with Crippen LogP contribution < -0.4 is 5.73 Å². The molecule has 15 heavy (non-hydrogen) atoms. The topological polar surface area (TPSA) is 29.3 Å². The summed E-state index contributed by atoms with van der Waals surface area (Å²) in [5.74, 6) is 0.779. The van der Waals surface area contributed by atoms with E-state index in [1.54, 1.807) is 0 Å². The Bertz CT molecular complexity index is 151. The molecule has 0 saturated carbocycles. The lowest BCUT2D eigenvalue weighted by atomic mass is 9.88. The number of hydrogen-bond donors (Lipinski definition) is 1. The maximum Gasteiger partial charge on any atom is 0.0325 e. The van der Waals surface area contributed by atoms with Gasteiger partial charge in [0.1, 0.15) is 0 Å². The van der Waals surface area contributed by atoms with Gasteiger partial charge in [0.05, 0.1) is 0 Å². The van der Waals surface area contributed by atoms with Crippen LogP contribution in [0.2, 0.25) is 0 Å². The van der Waals surface area contributed by atoms with Crippen molar-refractivity contribution in [3.8, 4) is 0 Å². The summed E-state index contributed by atoms with van der Waals surface area (Å²) < 4.78 is 0. The van der Waals surface area contributed by atoms with Crippen molar-refractivity contribution in [2.75, 3.05) is 20.1 Å². The van der Waals surface area contributed by atoms with Crippen molar-refractivity contribution in [2.45, 2.75) is 58.9 Å². The van der Waals surface area contributed by atoms with E-state index in [9.17, 15) is 0 Å². The Labute approximate surface area is 96.2 Å². The molecule has 0 heterocycles. The van der Waals surface area contributed by atoms with Gasteiger partial charge in [0.25, 0.3) is 0 Å². The quantitative estimate of drug-likeness (QED) is 0.673. The highest BCUT2D eigenvalue weighted by molar-refractivity contribution is 4.88. The van der Waals surface area contributed by atoms with E-state index in [0.717, 1.165) is 18.9 Å². The average Bonchev–Trinajstić information content (AvgIpc) is 2.22. The zero-order chi connectivity index (χ0) is 11.9. The first-order valence-corrected chi connectivity index (χ1v) is 6.43. The number of likely N-dealkylation sites (N-methyl/N-ethyl adjacent to an activating group) is 1. The molecule has 0 fully saturated rings. The van der Waals surface area contributed by atoms with Crippen molar-refractivity contribution in [1.82, 2.24) is 4.90 Å². The molecule has 2 heteroatoms. The van der Waals surface area contributed by atoms with E-state index in [-0.39, 0.29) is 5.54 Å². The minimum Gasteiger partial charge on any atom is -0.329 e. The minimum atomic E-state index is 0.240. The molecule has 0 aliphatic rings. The summed E-state index contributed by atoms with van der Waals surface area (Å²) in [5, 5.41) is 0. The van der Waals surface area contributed by atoms with Gasteiger partial charge < -0.3 is 5.73 Å². The second kappa shape index (κ2) is 7.24. The van der Waals surface area contributed by atoms with Crippen LogP contribution in [0, 0.1) is 5.92 Å². The fourth-order valence-electron chi connectivity index (χ4n) is 2.19. The molecule has 2 N–H and O–H groups in total. The highest BCUT2D eigenvalue weighted by atomic mass is 15.2. The van der Waals surface area contributed by atoms with Gasteiger partial charge >= 0.3 is 0 Å². The van der Waals surface area contributed by atoms with Crippen LogP contribution in [-0.4, -0.2) is 30.6 Å². The molecule has 0 aromatic rings. The van der Waals surface area contributed by atoms with Crippen LogP contribution in [0.1, 0.15) is 53.4 Å². The summed E-state index contributed by atoms with van der Waals surface area (Å²) >= 11 is 0. The van der Waals surface area contributed by atoms with Crippen LogP contribution in [0.5, 0.6) is 0 Å². The third-order valence-electron chi connectivity index (χ3n) is 3.61. The van der Waals surface area contributed by atoms with Crippen LogP contribution in [0.25, 0.3) is 0 Å². The molecule has 92 valence electrons. The summed E-state index contributed by atoms with van der Waals surface area (Å²) in [7, 11) is 2.23. The predicted octanol–water partition coefficient (Wildman–Crippen LogP) is 2.87. The molecule has 0 amide bonds. The molecule has 2 nitrogen and oxygen atoms in total. The van der Waals surface area contributed by atoms with Gasteiger partial charge in [0, 0.05) is 12.1 Å². The van der Waals surface area contributed by atoms with Crippen LogP contribution in [0.3, 0.4) is 0 Å². The number of hydrogen-bond acceptors (Lipinski definition) is 2. The van der Waals surface area contributed by atoms with E-state index in [2.05, 4.69) is 39.6 Å².